The van der Waals surface area contributed by atoms with Crippen molar-refractivity contribution in [2.45, 2.75) is 20.0 Å². The van der Waals surface area contributed by atoms with E-state index in [9.17, 15) is 9.59 Å². The summed E-state index contributed by atoms with van der Waals surface area (Å²) >= 11 is 0. The molecule has 0 amide bonds. The lowest BCUT2D eigenvalue weighted by molar-refractivity contribution is 0.399. The van der Waals surface area contributed by atoms with E-state index in [1.807, 2.05) is 27.7 Å². The highest BCUT2D eigenvalue weighted by Crippen LogP contribution is 2.39. The molecule has 158 valence electrons. The molecule has 0 fully saturated rings. The highest BCUT2D eigenvalue weighted by atomic mass is 16.5. The molecule has 1 atom stereocenters. The molecule has 0 saturated carbocycles. The van der Waals surface area contributed by atoms with Gasteiger partial charge in [0.15, 0.2) is 11.2 Å². The van der Waals surface area contributed by atoms with E-state index in [-0.39, 0.29) is 18.0 Å². The van der Waals surface area contributed by atoms with Crippen molar-refractivity contribution in [2.75, 3.05) is 25.7 Å². The summed E-state index contributed by atoms with van der Waals surface area (Å²) in [4.78, 5) is 32.6. The lowest BCUT2D eigenvalue weighted by Gasteiger charge is -2.33. The average molecular weight is 411 g/mol. The van der Waals surface area contributed by atoms with Crippen LogP contribution >= 0.6 is 0 Å². The maximum absolute atomic E-state index is 13.2. The van der Waals surface area contributed by atoms with Crippen LogP contribution in [-0.4, -0.2) is 39.4 Å². The molecule has 4 rings (SSSR count). The number of benzene rings is 1. The van der Waals surface area contributed by atoms with Gasteiger partial charge >= 0.3 is 5.69 Å². The first kappa shape index (κ1) is 19.8. The standard InChI is InChI=1S/C21H25N5O4/c1-6-9-24-19(27)17-18(23(3)21(24)28)22-20-25(11-13(2)12-26(17)20)15-10-14(29-4)7-8-16(15)30-5/h6-8,10,13H,1,9,11-12H2,2-5H3/t13-/m1/s1. The number of methoxy groups -OCH3 is 2. The third-order valence-corrected chi connectivity index (χ3v) is 5.43. The number of hydrogen-bond donors (Lipinski definition) is 0. The maximum atomic E-state index is 13.2. The minimum atomic E-state index is -0.415. The van der Waals surface area contributed by atoms with Crippen LogP contribution in [0.4, 0.5) is 11.6 Å². The second kappa shape index (κ2) is 7.40. The van der Waals surface area contributed by atoms with Gasteiger partial charge < -0.3 is 18.9 Å². The number of aromatic nitrogens is 4. The Balaban J connectivity index is 2.03. The number of imidazole rings is 1. The first-order valence-electron chi connectivity index (χ1n) is 9.71. The maximum Gasteiger partial charge on any atom is 0.332 e. The molecule has 0 bridgehead atoms. The predicted octanol–water partition coefficient (Wildman–Crippen LogP) is 1.89. The van der Waals surface area contributed by atoms with Crippen LogP contribution < -0.4 is 25.6 Å². The average Bonchev–Trinajstić information content (AvgIpc) is 3.13. The van der Waals surface area contributed by atoms with Crippen LogP contribution in [0.15, 0.2) is 40.4 Å². The number of allylic oxidation sites excluding steroid dienone is 1. The molecule has 2 aromatic heterocycles. The number of fused-ring (bicyclic) bond motifs is 3. The van der Waals surface area contributed by atoms with Gasteiger partial charge in [-0.05, 0) is 18.1 Å². The van der Waals surface area contributed by atoms with Crippen molar-refractivity contribution < 1.29 is 9.47 Å². The summed E-state index contributed by atoms with van der Waals surface area (Å²) in [5.41, 5.74) is 0.782. The van der Waals surface area contributed by atoms with Crippen LogP contribution in [-0.2, 0) is 20.1 Å². The predicted molar refractivity (Wildman–Crippen MR) is 115 cm³/mol. The number of anilines is 2. The minimum absolute atomic E-state index is 0.144. The van der Waals surface area contributed by atoms with Gasteiger partial charge in [0.25, 0.3) is 5.56 Å². The van der Waals surface area contributed by atoms with E-state index < -0.39 is 5.69 Å². The van der Waals surface area contributed by atoms with Crippen molar-refractivity contribution in [1.29, 1.82) is 0 Å². The molecule has 9 nitrogen and oxygen atoms in total. The smallest absolute Gasteiger partial charge is 0.332 e. The van der Waals surface area contributed by atoms with E-state index in [0.29, 0.717) is 41.7 Å². The van der Waals surface area contributed by atoms with E-state index in [1.54, 1.807) is 21.3 Å². The van der Waals surface area contributed by atoms with Gasteiger partial charge in [-0.15, -0.1) is 6.58 Å². The number of ether oxygens (including phenoxy) is 2. The molecule has 1 aromatic carbocycles. The number of hydrogen-bond acceptors (Lipinski definition) is 6. The Morgan fingerprint density at radius 3 is 2.67 bits per heavy atom. The zero-order valence-corrected chi connectivity index (χ0v) is 17.6. The van der Waals surface area contributed by atoms with Crippen LogP contribution in [0.25, 0.3) is 11.2 Å². The summed E-state index contributed by atoms with van der Waals surface area (Å²) in [6, 6.07) is 5.55. The minimum Gasteiger partial charge on any atom is -0.497 e. The highest BCUT2D eigenvalue weighted by molar-refractivity contribution is 5.78. The molecule has 0 unspecified atom stereocenters. The molecule has 3 heterocycles. The van der Waals surface area contributed by atoms with E-state index in [4.69, 9.17) is 14.5 Å². The number of nitrogens with zero attached hydrogens (tertiary/aromatic N) is 5. The summed E-state index contributed by atoms with van der Waals surface area (Å²) in [6.45, 7) is 7.21. The molecule has 0 spiro atoms. The fourth-order valence-corrected chi connectivity index (χ4v) is 4.01. The van der Waals surface area contributed by atoms with Crippen molar-refractivity contribution >= 4 is 22.8 Å². The van der Waals surface area contributed by atoms with Crippen molar-refractivity contribution in [3.8, 4) is 11.5 Å². The number of rotatable bonds is 5. The van der Waals surface area contributed by atoms with Crippen LogP contribution in [0.3, 0.4) is 0 Å². The molecule has 3 aromatic rings. The Hall–Kier alpha value is -3.49. The molecule has 30 heavy (non-hydrogen) atoms. The van der Waals surface area contributed by atoms with Crippen LogP contribution in [0.5, 0.6) is 11.5 Å². The molecule has 1 aliphatic rings. The van der Waals surface area contributed by atoms with E-state index in [1.165, 1.54) is 15.2 Å². The third-order valence-electron chi connectivity index (χ3n) is 5.43. The molecular formula is C21H25N5O4. The zero-order chi connectivity index (χ0) is 21.6. The zero-order valence-electron chi connectivity index (χ0n) is 17.6. The van der Waals surface area contributed by atoms with Gasteiger partial charge in [0, 0.05) is 32.7 Å². The third kappa shape index (κ3) is 2.89. The van der Waals surface area contributed by atoms with Crippen molar-refractivity contribution in [1.82, 2.24) is 18.7 Å². The first-order chi connectivity index (χ1) is 14.4. The van der Waals surface area contributed by atoms with Gasteiger partial charge in [0.05, 0.1) is 19.9 Å². The Bertz CT molecular complexity index is 1250. The molecule has 9 heteroatoms. The monoisotopic (exact) mass is 411 g/mol. The summed E-state index contributed by atoms with van der Waals surface area (Å²) in [5, 5.41) is 0. The van der Waals surface area contributed by atoms with Gasteiger partial charge in [-0.25, -0.2) is 4.79 Å². The lowest BCUT2D eigenvalue weighted by atomic mass is 10.1. The fourth-order valence-electron chi connectivity index (χ4n) is 4.01. The van der Waals surface area contributed by atoms with E-state index >= 15 is 0 Å². The Morgan fingerprint density at radius 2 is 2.00 bits per heavy atom. The topological polar surface area (TPSA) is 83.5 Å². The molecule has 0 N–H and O–H groups in total. The van der Waals surface area contributed by atoms with Gasteiger partial charge in [0.2, 0.25) is 5.95 Å². The van der Waals surface area contributed by atoms with Gasteiger partial charge in [-0.3, -0.25) is 13.9 Å². The fraction of sp³-hybridized carbons (Fsp3) is 0.381. The van der Waals surface area contributed by atoms with E-state index in [2.05, 4.69) is 13.5 Å². The molecular weight excluding hydrogens is 386 g/mol. The SMILES string of the molecule is C=CCn1c(=O)c2c(nc3n2C[C@H](C)CN3c2cc(OC)ccc2OC)n(C)c1=O. The normalized spacial score (nSPS) is 15.9. The van der Waals surface area contributed by atoms with Crippen molar-refractivity contribution in [3.63, 3.8) is 0 Å². The van der Waals surface area contributed by atoms with Crippen LogP contribution in [0.1, 0.15) is 6.92 Å². The molecule has 0 saturated heterocycles. The molecule has 1 aliphatic heterocycles. The van der Waals surface area contributed by atoms with Crippen LogP contribution in [0, 0.1) is 5.92 Å². The van der Waals surface area contributed by atoms with Gasteiger partial charge in [-0.2, -0.15) is 4.98 Å². The first-order valence-corrected chi connectivity index (χ1v) is 9.71. The summed E-state index contributed by atoms with van der Waals surface area (Å²) in [5.74, 6) is 2.18. The largest absolute Gasteiger partial charge is 0.497 e. The Morgan fingerprint density at radius 1 is 1.23 bits per heavy atom. The Kier molecular flexibility index (Phi) is 4.89. The second-order valence-corrected chi connectivity index (χ2v) is 7.49. The molecule has 0 aliphatic carbocycles. The summed E-state index contributed by atoms with van der Waals surface area (Å²) in [6.07, 6.45) is 1.54. The Labute approximate surface area is 173 Å². The quantitative estimate of drug-likeness (QED) is 0.596. The second-order valence-electron chi connectivity index (χ2n) is 7.49. The summed E-state index contributed by atoms with van der Waals surface area (Å²) in [7, 11) is 4.85. The van der Waals surface area contributed by atoms with Gasteiger partial charge in [0.1, 0.15) is 11.5 Å². The van der Waals surface area contributed by atoms with E-state index in [0.717, 1.165) is 5.69 Å². The van der Waals surface area contributed by atoms with Crippen LogP contribution in [0.2, 0.25) is 0 Å². The lowest BCUT2D eigenvalue weighted by Crippen LogP contribution is -2.40. The highest BCUT2D eigenvalue weighted by Gasteiger charge is 2.31. The van der Waals surface area contributed by atoms with Crippen molar-refractivity contribution in [2.24, 2.45) is 13.0 Å². The molecule has 0 radical (unpaired) electrons. The van der Waals surface area contributed by atoms with Crippen molar-refractivity contribution in [3.05, 3.63) is 51.7 Å². The summed E-state index contributed by atoms with van der Waals surface area (Å²) < 4.78 is 15.5. The number of aryl methyl sites for hydroxylation is 1. The van der Waals surface area contributed by atoms with Gasteiger partial charge in [-0.1, -0.05) is 13.0 Å².